The van der Waals surface area contributed by atoms with Crippen LogP contribution in [0.15, 0.2) is 91.1 Å². The van der Waals surface area contributed by atoms with Gasteiger partial charge in [-0.25, -0.2) is 14.2 Å². The molecule has 0 aliphatic carbocycles. The molecule has 1 aromatic heterocycles. The molecule has 13 heteroatoms. The minimum absolute atomic E-state index is 0.0422. The van der Waals surface area contributed by atoms with Crippen molar-refractivity contribution in [3.8, 4) is 28.5 Å². The number of benzene rings is 4. The predicted octanol–water partition coefficient (Wildman–Crippen LogP) is 8.91. The zero-order chi connectivity index (χ0) is 37.9. The summed E-state index contributed by atoms with van der Waals surface area (Å²) in [6, 6.07) is 22.2. The summed E-state index contributed by atoms with van der Waals surface area (Å²) in [6.45, 7) is 2.97. The van der Waals surface area contributed by atoms with Crippen molar-refractivity contribution in [1.29, 1.82) is 0 Å². The third-order valence-electron chi connectivity index (χ3n) is 8.39. The van der Waals surface area contributed by atoms with Crippen molar-refractivity contribution < 1.29 is 33.4 Å². The van der Waals surface area contributed by atoms with Gasteiger partial charge in [-0.1, -0.05) is 48.7 Å². The maximum atomic E-state index is 14.1. The number of carbonyl (C=O) groups excluding carboxylic acids is 2. The van der Waals surface area contributed by atoms with Crippen LogP contribution in [0.4, 0.5) is 4.39 Å². The Morgan fingerprint density at radius 1 is 0.925 bits per heavy atom. The van der Waals surface area contributed by atoms with E-state index in [4.69, 9.17) is 42.8 Å². The van der Waals surface area contributed by atoms with E-state index in [9.17, 15) is 18.8 Å². The van der Waals surface area contributed by atoms with Crippen molar-refractivity contribution in [1.82, 2.24) is 20.2 Å². The number of aromatic carboxylic acids is 1. The second-order valence-electron chi connectivity index (χ2n) is 12.3. The van der Waals surface area contributed by atoms with Crippen molar-refractivity contribution >= 4 is 41.0 Å². The third-order valence-corrected chi connectivity index (χ3v) is 8.94. The number of aryl methyl sites for hydroxylation is 1. The van der Waals surface area contributed by atoms with Gasteiger partial charge in [-0.3, -0.25) is 9.59 Å². The summed E-state index contributed by atoms with van der Waals surface area (Å²) in [5.74, 6) is -0.606. The van der Waals surface area contributed by atoms with Gasteiger partial charge in [-0.2, -0.15) is 0 Å². The topological polar surface area (TPSA) is 132 Å². The molecular formula is C40H39Cl2FN4O6. The Bertz CT molecular complexity index is 2050. The SMILES string of the molecule is CCCCn1cc(-c2ccc(Cl)cc2Cl)nc1[C@H](Cc1ccc(Oc2ccc(C(=O)O)cc2)cc1)NC(=O)CCCNC(=O)c1ccc(OC)c(F)c1. The quantitative estimate of drug-likeness (QED) is 0.0807. The molecule has 5 rings (SSSR count). The van der Waals surface area contributed by atoms with Gasteiger partial charge in [0.15, 0.2) is 11.6 Å². The summed E-state index contributed by atoms with van der Waals surface area (Å²) in [5.41, 5.74) is 2.57. The Labute approximate surface area is 316 Å². The normalized spacial score (nSPS) is 11.5. The number of nitrogens with one attached hydrogen (secondary N) is 2. The zero-order valence-corrected chi connectivity index (χ0v) is 30.7. The van der Waals surface area contributed by atoms with E-state index in [0.717, 1.165) is 24.5 Å². The number of hydrogen-bond acceptors (Lipinski definition) is 6. The Balaban J connectivity index is 1.33. The van der Waals surface area contributed by atoms with Crippen molar-refractivity contribution in [2.24, 2.45) is 0 Å². The molecule has 0 saturated heterocycles. The maximum absolute atomic E-state index is 14.1. The molecule has 0 aliphatic rings. The van der Waals surface area contributed by atoms with Crippen LogP contribution in [-0.2, 0) is 17.8 Å². The molecule has 2 amide bonds. The first-order chi connectivity index (χ1) is 25.5. The number of methoxy groups -OCH3 is 1. The maximum Gasteiger partial charge on any atom is 0.335 e. The molecule has 3 N–H and O–H groups in total. The predicted molar refractivity (Wildman–Crippen MR) is 202 cm³/mol. The van der Waals surface area contributed by atoms with E-state index in [-0.39, 0.29) is 35.7 Å². The van der Waals surface area contributed by atoms with Crippen LogP contribution in [-0.4, -0.2) is 46.1 Å². The standard InChI is InChI=1S/C40H39Cl2FN4O6/c1-3-4-20-47-24-35(31-17-12-28(41)23-32(31)42)46-38(47)34(21-25-7-13-29(14-8-25)53-30-15-9-26(10-16-30)40(50)51)45-37(48)6-5-19-44-39(49)27-11-18-36(52-2)33(43)22-27/h7-18,22-24,34H,3-6,19-21H2,1-2H3,(H,44,49)(H,45,48)(H,50,51)/t34-/m0/s1. The number of imidazole rings is 1. The lowest BCUT2D eigenvalue weighted by Crippen LogP contribution is -2.33. The number of rotatable bonds is 17. The van der Waals surface area contributed by atoms with Gasteiger partial charge in [0.1, 0.15) is 17.3 Å². The Morgan fingerprint density at radius 3 is 2.26 bits per heavy atom. The minimum Gasteiger partial charge on any atom is -0.494 e. The Morgan fingerprint density at radius 2 is 1.62 bits per heavy atom. The van der Waals surface area contributed by atoms with E-state index in [2.05, 4.69) is 17.6 Å². The summed E-state index contributed by atoms with van der Waals surface area (Å²) in [5, 5.41) is 16.0. The first-order valence-corrected chi connectivity index (χ1v) is 17.8. The van der Waals surface area contributed by atoms with Gasteiger partial charge in [0.25, 0.3) is 5.91 Å². The average Bonchev–Trinajstić information content (AvgIpc) is 3.56. The molecular weight excluding hydrogens is 722 g/mol. The summed E-state index contributed by atoms with van der Waals surface area (Å²) >= 11 is 12.7. The number of carbonyl (C=O) groups is 3. The number of unbranched alkanes of at least 4 members (excludes halogenated alkanes) is 1. The van der Waals surface area contributed by atoms with E-state index < -0.39 is 23.7 Å². The fraction of sp³-hybridized carbons (Fsp3) is 0.250. The van der Waals surface area contributed by atoms with Crippen LogP contribution in [0.25, 0.3) is 11.3 Å². The summed E-state index contributed by atoms with van der Waals surface area (Å²) in [7, 11) is 1.35. The van der Waals surface area contributed by atoms with Crippen molar-refractivity contribution in [2.75, 3.05) is 13.7 Å². The van der Waals surface area contributed by atoms with Crippen molar-refractivity contribution in [3.05, 3.63) is 130 Å². The summed E-state index contributed by atoms with van der Waals surface area (Å²) in [6.07, 6.45) is 4.63. The molecule has 0 saturated carbocycles. The van der Waals surface area contributed by atoms with Gasteiger partial charge in [0.05, 0.1) is 29.4 Å². The molecule has 4 aromatic carbocycles. The number of carboxylic acids is 1. The minimum atomic E-state index is -1.02. The van der Waals surface area contributed by atoms with E-state index in [1.807, 2.05) is 29.0 Å². The van der Waals surface area contributed by atoms with Crippen LogP contribution in [0.3, 0.4) is 0 Å². The Kier molecular flexibility index (Phi) is 13.5. The molecule has 53 heavy (non-hydrogen) atoms. The number of aromatic nitrogens is 2. The lowest BCUT2D eigenvalue weighted by Gasteiger charge is -2.20. The van der Waals surface area contributed by atoms with E-state index in [1.165, 1.54) is 31.4 Å². The molecule has 1 heterocycles. The van der Waals surface area contributed by atoms with Gasteiger partial charge in [-0.15, -0.1) is 0 Å². The highest BCUT2D eigenvalue weighted by Crippen LogP contribution is 2.32. The molecule has 0 spiro atoms. The van der Waals surface area contributed by atoms with Crippen LogP contribution in [0, 0.1) is 5.82 Å². The van der Waals surface area contributed by atoms with E-state index >= 15 is 0 Å². The number of hydrogen-bond donors (Lipinski definition) is 3. The van der Waals surface area contributed by atoms with Gasteiger partial charge in [0.2, 0.25) is 5.91 Å². The number of carboxylic acid groups (broad SMARTS) is 1. The second-order valence-corrected chi connectivity index (χ2v) is 13.1. The molecule has 0 aliphatic heterocycles. The molecule has 10 nitrogen and oxygen atoms in total. The van der Waals surface area contributed by atoms with E-state index in [1.54, 1.807) is 36.4 Å². The highest BCUT2D eigenvalue weighted by atomic mass is 35.5. The average molecular weight is 762 g/mol. The fourth-order valence-electron chi connectivity index (χ4n) is 5.61. The highest BCUT2D eigenvalue weighted by Gasteiger charge is 2.23. The van der Waals surface area contributed by atoms with Gasteiger partial charge in [-0.05, 0) is 97.6 Å². The first-order valence-electron chi connectivity index (χ1n) is 17.1. The zero-order valence-electron chi connectivity index (χ0n) is 29.2. The monoisotopic (exact) mass is 760 g/mol. The number of ether oxygens (including phenoxy) is 2. The molecule has 5 aromatic rings. The number of amides is 2. The van der Waals surface area contributed by atoms with Gasteiger partial charge >= 0.3 is 5.97 Å². The van der Waals surface area contributed by atoms with Crippen molar-refractivity contribution in [3.63, 3.8) is 0 Å². The third kappa shape index (κ3) is 10.6. The lowest BCUT2D eigenvalue weighted by molar-refractivity contribution is -0.122. The number of nitrogens with zero attached hydrogens (tertiary/aromatic N) is 2. The van der Waals surface area contributed by atoms with Gasteiger partial charge in [0, 0.05) is 41.9 Å². The lowest BCUT2D eigenvalue weighted by atomic mass is 10.0. The van der Waals surface area contributed by atoms with E-state index in [0.29, 0.717) is 58.0 Å². The van der Waals surface area contributed by atoms with Crippen molar-refractivity contribution in [2.45, 2.75) is 51.6 Å². The molecule has 276 valence electrons. The molecule has 0 fully saturated rings. The largest absolute Gasteiger partial charge is 0.494 e. The first kappa shape index (κ1) is 38.8. The van der Waals surface area contributed by atoms with Crippen LogP contribution < -0.4 is 20.1 Å². The second kappa shape index (κ2) is 18.4. The molecule has 0 unspecified atom stereocenters. The highest BCUT2D eigenvalue weighted by molar-refractivity contribution is 6.36. The van der Waals surface area contributed by atoms with Crippen LogP contribution in [0.1, 0.15) is 70.8 Å². The van der Waals surface area contributed by atoms with Crippen LogP contribution in [0.2, 0.25) is 10.0 Å². The smallest absolute Gasteiger partial charge is 0.335 e. The van der Waals surface area contributed by atoms with Gasteiger partial charge < -0.3 is 29.8 Å². The van der Waals surface area contributed by atoms with Crippen LogP contribution >= 0.6 is 23.2 Å². The Hall–Kier alpha value is -5.39. The molecule has 0 radical (unpaired) electrons. The summed E-state index contributed by atoms with van der Waals surface area (Å²) < 4.78 is 27.0. The molecule has 0 bridgehead atoms. The van der Waals surface area contributed by atoms with Crippen LogP contribution in [0.5, 0.6) is 17.2 Å². The summed E-state index contributed by atoms with van der Waals surface area (Å²) in [4.78, 5) is 42.2. The molecule has 1 atom stereocenters. The fourth-order valence-corrected chi connectivity index (χ4v) is 6.11. The number of halogens is 3.